The molecule has 0 fully saturated rings. The predicted octanol–water partition coefficient (Wildman–Crippen LogP) is 1.14. The molecule has 7 heteroatoms. The van der Waals surface area contributed by atoms with Crippen LogP contribution >= 0.6 is 11.3 Å². The number of carboxylic acids is 1. The second-order valence-corrected chi connectivity index (χ2v) is 5.65. The van der Waals surface area contributed by atoms with Crippen LogP contribution in [0.1, 0.15) is 23.0 Å². The summed E-state index contributed by atoms with van der Waals surface area (Å²) in [4.78, 5) is 10.4. The van der Waals surface area contributed by atoms with Crippen LogP contribution in [0, 0.1) is 11.8 Å². The second kappa shape index (κ2) is 5.82. The third kappa shape index (κ3) is 3.56. The maximum atomic E-state index is 11.8. The summed E-state index contributed by atoms with van der Waals surface area (Å²) in [5, 5.41) is 10.3. The molecule has 0 aliphatic rings. The van der Waals surface area contributed by atoms with Crippen molar-refractivity contribution >= 4 is 27.3 Å². The quantitative estimate of drug-likeness (QED) is 0.622. The van der Waals surface area contributed by atoms with Gasteiger partial charge in [0.25, 0.3) is 0 Å². The van der Waals surface area contributed by atoms with E-state index in [9.17, 15) is 13.2 Å². The average Bonchev–Trinajstić information content (AvgIpc) is 2.74. The Hall–Kier alpha value is -1.36. The first-order valence-electron chi connectivity index (χ1n) is 4.69. The number of thiophene rings is 1. The Bertz CT molecular complexity index is 563. The smallest absolute Gasteiger partial charge is 0.347 e. The van der Waals surface area contributed by atoms with Crippen molar-refractivity contribution < 1.29 is 18.3 Å². The Labute approximate surface area is 104 Å². The molecule has 0 aliphatic heterocycles. The van der Waals surface area contributed by atoms with E-state index < -0.39 is 16.0 Å². The van der Waals surface area contributed by atoms with Crippen molar-refractivity contribution in [2.45, 2.75) is 18.2 Å². The van der Waals surface area contributed by atoms with Gasteiger partial charge >= 0.3 is 5.97 Å². The molecule has 1 aromatic rings. The number of sulfonamides is 1. The van der Waals surface area contributed by atoms with Gasteiger partial charge in [-0.15, -0.1) is 23.2 Å². The minimum atomic E-state index is -3.76. The highest BCUT2D eigenvalue weighted by Gasteiger charge is 2.22. The fraction of sp³-hybridized carbons (Fsp3) is 0.300. The summed E-state index contributed by atoms with van der Waals surface area (Å²) in [6.45, 7) is 1.83. The SMILES string of the molecule is CC#CCCNS(=O)(=O)c1ccsc1C(=O)O. The van der Waals surface area contributed by atoms with Crippen LogP contribution in [-0.2, 0) is 10.0 Å². The lowest BCUT2D eigenvalue weighted by Crippen LogP contribution is -2.25. The summed E-state index contributed by atoms with van der Waals surface area (Å²) in [5.41, 5.74) is 0. The van der Waals surface area contributed by atoms with Crippen molar-refractivity contribution in [1.82, 2.24) is 4.72 Å². The van der Waals surface area contributed by atoms with Gasteiger partial charge in [-0.3, -0.25) is 0 Å². The lowest BCUT2D eigenvalue weighted by atomic mass is 10.4. The van der Waals surface area contributed by atoms with Crippen LogP contribution in [0.4, 0.5) is 0 Å². The van der Waals surface area contributed by atoms with Gasteiger partial charge in [-0.25, -0.2) is 17.9 Å². The summed E-state index contributed by atoms with van der Waals surface area (Å²) in [5.74, 6) is 4.11. The molecule has 0 bridgehead atoms. The van der Waals surface area contributed by atoms with E-state index in [0.717, 1.165) is 11.3 Å². The van der Waals surface area contributed by atoms with Gasteiger partial charge < -0.3 is 5.11 Å². The van der Waals surface area contributed by atoms with E-state index in [1.165, 1.54) is 11.4 Å². The highest BCUT2D eigenvalue weighted by Crippen LogP contribution is 2.21. The maximum Gasteiger partial charge on any atom is 0.347 e. The monoisotopic (exact) mass is 273 g/mol. The molecule has 0 unspecified atom stereocenters. The molecule has 0 aliphatic carbocycles. The fourth-order valence-corrected chi connectivity index (χ4v) is 3.41. The standard InChI is InChI=1S/C10H11NO4S2/c1-2-3-4-6-11-17(14,15)8-5-7-16-9(8)10(12)13/h5,7,11H,4,6H2,1H3,(H,12,13). The molecule has 0 spiro atoms. The Balaban J connectivity index is 2.85. The maximum absolute atomic E-state index is 11.8. The molecule has 0 atom stereocenters. The Morgan fingerprint density at radius 3 is 2.88 bits per heavy atom. The molecule has 1 heterocycles. The first-order valence-corrected chi connectivity index (χ1v) is 7.05. The van der Waals surface area contributed by atoms with Crippen molar-refractivity contribution in [3.05, 3.63) is 16.3 Å². The van der Waals surface area contributed by atoms with E-state index in [4.69, 9.17) is 5.11 Å². The lowest BCUT2D eigenvalue weighted by molar-refractivity contribution is 0.0698. The molecule has 0 amide bonds. The van der Waals surface area contributed by atoms with E-state index in [-0.39, 0.29) is 16.3 Å². The molecule has 17 heavy (non-hydrogen) atoms. The van der Waals surface area contributed by atoms with Crippen molar-refractivity contribution in [3.8, 4) is 11.8 Å². The van der Waals surface area contributed by atoms with Crippen LogP contribution in [-0.4, -0.2) is 26.0 Å². The molecule has 0 saturated heterocycles. The van der Waals surface area contributed by atoms with Gasteiger partial charge in [0, 0.05) is 13.0 Å². The van der Waals surface area contributed by atoms with E-state index in [1.807, 2.05) is 0 Å². The van der Waals surface area contributed by atoms with Gasteiger partial charge in [0.05, 0.1) is 0 Å². The van der Waals surface area contributed by atoms with Gasteiger partial charge in [0.15, 0.2) is 0 Å². The summed E-state index contributed by atoms with van der Waals surface area (Å²) in [6, 6.07) is 1.28. The molecule has 1 rings (SSSR count). The second-order valence-electron chi connectivity index (χ2n) is 2.99. The van der Waals surface area contributed by atoms with Gasteiger partial charge in [0.2, 0.25) is 10.0 Å². The van der Waals surface area contributed by atoms with Crippen molar-refractivity contribution in [1.29, 1.82) is 0 Å². The zero-order valence-corrected chi connectivity index (χ0v) is 10.7. The van der Waals surface area contributed by atoms with Crippen LogP contribution in [0.5, 0.6) is 0 Å². The normalized spacial score (nSPS) is 10.6. The van der Waals surface area contributed by atoms with Gasteiger partial charge in [-0.2, -0.15) is 0 Å². The summed E-state index contributed by atoms with van der Waals surface area (Å²) < 4.78 is 25.8. The predicted molar refractivity (Wildman–Crippen MR) is 64.5 cm³/mol. The zero-order chi connectivity index (χ0) is 12.9. The summed E-state index contributed by atoms with van der Waals surface area (Å²) in [6.07, 6.45) is 0.391. The van der Waals surface area contributed by atoms with E-state index in [2.05, 4.69) is 16.6 Å². The highest BCUT2D eigenvalue weighted by molar-refractivity contribution is 7.89. The van der Waals surface area contributed by atoms with Crippen LogP contribution < -0.4 is 4.72 Å². The van der Waals surface area contributed by atoms with Gasteiger partial charge in [-0.05, 0) is 18.4 Å². The number of aromatic carboxylic acids is 1. The molecular weight excluding hydrogens is 262 g/mol. The molecule has 0 aromatic carbocycles. The van der Waals surface area contributed by atoms with Crippen molar-refractivity contribution in [2.24, 2.45) is 0 Å². The largest absolute Gasteiger partial charge is 0.477 e. The van der Waals surface area contributed by atoms with Gasteiger partial charge in [0.1, 0.15) is 9.77 Å². The molecule has 5 nitrogen and oxygen atoms in total. The number of hydrogen-bond acceptors (Lipinski definition) is 4. The number of hydrogen-bond donors (Lipinski definition) is 2. The number of carboxylic acid groups (broad SMARTS) is 1. The van der Waals surface area contributed by atoms with Crippen molar-refractivity contribution in [3.63, 3.8) is 0 Å². The van der Waals surface area contributed by atoms with E-state index >= 15 is 0 Å². The summed E-state index contributed by atoms with van der Waals surface area (Å²) >= 11 is 0.882. The van der Waals surface area contributed by atoms with E-state index in [0.29, 0.717) is 6.42 Å². The Morgan fingerprint density at radius 1 is 1.59 bits per heavy atom. The minimum Gasteiger partial charge on any atom is -0.477 e. The molecule has 2 N–H and O–H groups in total. The lowest BCUT2D eigenvalue weighted by Gasteiger charge is -2.03. The number of carbonyl (C=O) groups is 1. The minimum absolute atomic E-state index is 0.165. The molecular formula is C10H11NO4S2. The molecule has 1 aromatic heterocycles. The number of rotatable bonds is 5. The molecule has 0 radical (unpaired) electrons. The van der Waals surface area contributed by atoms with Gasteiger partial charge in [-0.1, -0.05) is 0 Å². The molecule has 0 saturated carbocycles. The topological polar surface area (TPSA) is 83.5 Å². The first kappa shape index (κ1) is 13.7. The fourth-order valence-electron chi connectivity index (χ4n) is 1.12. The highest BCUT2D eigenvalue weighted by atomic mass is 32.2. The summed E-state index contributed by atoms with van der Waals surface area (Å²) in [7, 11) is -3.76. The zero-order valence-electron chi connectivity index (χ0n) is 9.06. The third-order valence-corrected chi connectivity index (χ3v) is 4.37. The third-order valence-electron chi connectivity index (χ3n) is 1.83. The Morgan fingerprint density at radius 2 is 2.29 bits per heavy atom. The molecule has 92 valence electrons. The van der Waals surface area contributed by atoms with Crippen molar-refractivity contribution in [2.75, 3.05) is 6.54 Å². The van der Waals surface area contributed by atoms with E-state index in [1.54, 1.807) is 6.92 Å². The van der Waals surface area contributed by atoms with Crippen LogP contribution in [0.3, 0.4) is 0 Å². The van der Waals surface area contributed by atoms with Crippen LogP contribution in [0.25, 0.3) is 0 Å². The number of nitrogens with one attached hydrogen (secondary N) is 1. The van der Waals surface area contributed by atoms with Crippen LogP contribution in [0.15, 0.2) is 16.3 Å². The first-order chi connectivity index (χ1) is 7.99. The van der Waals surface area contributed by atoms with Crippen LogP contribution in [0.2, 0.25) is 0 Å². The Kier molecular flexibility index (Phi) is 4.69. The average molecular weight is 273 g/mol.